The highest BCUT2D eigenvalue weighted by Crippen LogP contribution is 2.30. The second kappa shape index (κ2) is 8.00. The number of amides is 1. The monoisotopic (exact) mass is 378 g/mol. The van der Waals surface area contributed by atoms with Gasteiger partial charge in [0.15, 0.2) is 0 Å². The standard InChI is InChI=1S/C16H18F4N2O4/c1-21(9-14(23)24)7-13-8-22(2-3-26-13)15(25)10-4-11(16(18,19)20)6-12(17)5-10/h4-6,13H,2-3,7-9H2,1H3,(H,23,24). The third-order valence-electron chi connectivity index (χ3n) is 3.82. The number of carbonyl (C=O) groups is 2. The summed E-state index contributed by atoms with van der Waals surface area (Å²) in [5, 5.41) is 8.75. The quantitative estimate of drug-likeness (QED) is 0.790. The molecule has 1 atom stereocenters. The zero-order valence-corrected chi connectivity index (χ0v) is 13.9. The number of rotatable bonds is 5. The van der Waals surface area contributed by atoms with E-state index < -0.39 is 41.1 Å². The molecule has 0 aromatic heterocycles. The van der Waals surface area contributed by atoms with Crippen LogP contribution in [-0.2, 0) is 15.7 Å². The Kier molecular flexibility index (Phi) is 6.19. The van der Waals surface area contributed by atoms with Gasteiger partial charge in [-0.3, -0.25) is 14.5 Å². The van der Waals surface area contributed by atoms with Crippen molar-refractivity contribution in [3.63, 3.8) is 0 Å². The lowest BCUT2D eigenvalue weighted by atomic mass is 10.1. The number of hydrogen-bond acceptors (Lipinski definition) is 4. The molecule has 1 aliphatic heterocycles. The predicted molar refractivity (Wildman–Crippen MR) is 82.2 cm³/mol. The molecule has 1 aromatic rings. The number of halogens is 4. The average molecular weight is 378 g/mol. The van der Waals surface area contributed by atoms with Gasteiger partial charge in [-0.25, -0.2) is 4.39 Å². The molecule has 0 spiro atoms. The molecule has 1 N–H and O–H groups in total. The summed E-state index contributed by atoms with van der Waals surface area (Å²) in [5.74, 6) is -2.89. The molecule has 2 rings (SSSR count). The fourth-order valence-corrected chi connectivity index (χ4v) is 2.72. The Bertz CT molecular complexity index is 681. The summed E-state index contributed by atoms with van der Waals surface area (Å²) in [6, 6.07) is 1.71. The van der Waals surface area contributed by atoms with Crippen LogP contribution >= 0.6 is 0 Å². The molecule has 1 aliphatic rings. The number of alkyl halides is 3. The first-order chi connectivity index (χ1) is 12.1. The van der Waals surface area contributed by atoms with Crippen molar-refractivity contribution in [3.8, 4) is 0 Å². The second-order valence-corrected chi connectivity index (χ2v) is 6.06. The van der Waals surface area contributed by atoms with E-state index in [1.807, 2.05) is 0 Å². The van der Waals surface area contributed by atoms with E-state index in [4.69, 9.17) is 9.84 Å². The van der Waals surface area contributed by atoms with Crippen LogP contribution in [0.3, 0.4) is 0 Å². The van der Waals surface area contributed by atoms with E-state index in [1.165, 1.54) is 9.80 Å². The lowest BCUT2D eigenvalue weighted by molar-refractivity contribution is -0.139. The number of morpholine rings is 1. The maximum Gasteiger partial charge on any atom is 0.416 e. The van der Waals surface area contributed by atoms with Crippen molar-refractivity contribution < 1.29 is 37.0 Å². The number of ether oxygens (including phenoxy) is 1. The molecule has 1 heterocycles. The fraction of sp³-hybridized carbons (Fsp3) is 0.500. The van der Waals surface area contributed by atoms with Gasteiger partial charge in [-0.2, -0.15) is 13.2 Å². The summed E-state index contributed by atoms with van der Waals surface area (Å²) in [7, 11) is 1.57. The minimum Gasteiger partial charge on any atom is -0.480 e. The largest absolute Gasteiger partial charge is 0.480 e. The Labute approximate surface area is 146 Å². The van der Waals surface area contributed by atoms with Crippen molar-refractivity contribution in [2.75, 3.05) is 39.8 Å². The number of benzene rings is 1. The van der Waals surface area contributed by atoms with Crippen molar-refractivity contribution >= 4 is 11.9 Å². The van der Waals surface area contributed by atoms with E-state index in [1.54, 1.807) is 7.05 Å². The molecular weight excluding hydrogens is 360 g/mol. The third kappa shape index (κ3) is 5.40. The highest BCUT2D eigenvalue weighted by Gasteiger charge is 2.33. The highest BCUT2D eigenvalue weighted by molar-refractivity contribution is 5.94. The molecule has 1 saturated heterocycles. The van der Waals surface area contributed by atoms with E-state index in [9.17, 15) is 27.2 Å². The lowest BCUT2D eigenvalue weighted by Gasteiger charge is -2.34. The van der Waals surface area contributed by atoms with E-state index >= 15 is 0 Å². The normalized spacial score (nSPS) is 18.2. The summed E-state index contributed by atoms with van der Waals surface area (Å²) in [6.45, 7) is 0.384. The number of hydrogen-bond donors (Lipinski definition) is 1. The number of likely N-dealkylation sites (N-methyl/N-ethyl adjacent to an activating group) is 1. The summed E-state index contributed by atoms with van der Waals surface area (Å²) in [5.41, 5.74) is -1.62. The second-order valence-electron chi connectivity index (χ2n) is 6.06. The number of nitrogens with zero attached hydrogens (tertiary/aromatic N) is 2. The minimum absolute atomic E-state index is 0.0701. The summed E-state index contributed by atoms with van der Waals surface area (Å²) >= 11 is 0. The Morgan fingerprint density at radius 2 is 2.04 bits per heavy atom. The molecule has 6 nitrogen and oxygen atoms in total. The van der Waals surface area contributed by atoms with E-state index in [0.717, 1.165) is 6.07 Å². The Morgan fingerprint density at radius 3 is 2.65 bits per heavy atom. The minimum atomic E-state index is -4.76. The fourth-order valence-electron chi connectivity index (χ4n) is 2.72. The van der Waals surface area contributed by atoms with Gasteiger partial charge in [-0.1, -0.05) is 0 Å². The number of carboxylic acids is 1. The van der Waals surface area contributed by atoms with Crippen LogP contribution in [0.1, 0.15) is 15.9 Å². The van der Waals surface area contributed by atoms with Crippen LogP contribution in [0.15, 0.2) is 18.2 Å². The van der Waals surface area contributed by atoms with Crippen molar-refractivity contribution in [1.29, 1.82) is 0 Å². The van der Waals surface area contributed by atoms with E-state index in [-0.39, 0.29) is 32.8 Å². The summed E-state index contributed by atoms with van der Waals surface area (Å²) < 4.78 is 57.4. The first kappa shape index (κ1) is 20.1. The third-order valence-corrected chi connectivity index (χ3v) is 3.82. The molecule has 144 valence electrons. The first-order valence-electron chi connectivity index (χ1n) is 7.75. The molecule has 1 fully saturated rings. The molecule has 0 bridgehead atoms. The Morgan fingerprint density at radius 1 is 1.35 bits per heavy atom. The van der Waals surface area contributed by atoms with Crippen LogP contribution in [0.2, 0.25) is 0 Å². The first-order valence-corrected chi connectivity index (χ1v) is 7.75. The van der Waals surface area contributed by atoms with Crippen LogP contribution in [0.5, 0.6) is 0 Å². The smallest absolute Gasteiger partial charge is 0.416 e. The van der Waals surface area contributed by atoms with Gasteiger partial charge in [0, 0.05) is 25.2 Å². The molecule has 1 amide bonds. The number of carbonyl (C=O) groups excluding carboxylic acids is 1. The van der Waals surface area contributed by atoms with E-state index in [0.29, 0.717) is 12.1 Å². The molecule has 10 heteroatoms. The lowest BCUT2D eigenvalue weighted by Crippen LogP contribution is -2.49. The molecular formula is C16H18F4N2O4. The van der Waals surface area contributed by atoms with Gasteiger partial charge in [0.2, 0.25) is 0 Å². The van der Waals surface area contributed by atoms with Crippen molar-refractivity contribution in [2.24, 2.45) is 0 Å². The molecule has 1 aromatic carbocycles. The van der Waals surface area contributed by atoms with E-state index in [2.05, 4.69) is 0 Å². The molecule has 26 heavy (non-hydrogen) atoms. The topological polar surface area (TPSA) is 70.1 Å². The zero-order valence-electron chi connectivity index (χ0n) is 13.9. The van der Waals surface area contributed by atoms with Gasteiger partial charge in [-0.05, 0) is 25.2 Å². The molecule has 0 saturated carbocycles. The molecule has 0 radical (unpaired) electrons. The van der Waals surface area contributed by atoms with Gasteiger partial charge in [-0.15, -0.1) is 0 Å². The van der Waals surface area contributed by atoms with Gasteiger partial charge in [0.05, 0.1) is 24.8 Å². The molecule has 1 unspecified atom stereocenters. The maximum absolute atomic E-state index is 13.5. The number of aliphatic carboxylic acids is 1. The van der Waals surface area contributed by atoms with Gasteiger partial charge in [0.1, 0.15) is 5.82 Å². The number of carboxylic acid groups (broad SMARTS) is 1. The van der Waals surface area contributed by atoms with Crippen LogP contribution in [0.4, 0.5) is 17.6 Å². The molecule has 0 aliphatic carbocycles. The Hall–Kier alpha value is -2.20. The van der Waals surface area contributed by atoms with Crippen molar-refractivity contribution in [1.82, 2.24) is 9.80 Å². The van der Waals surface area contributed by atoms with Crippen LogP contribution < -0.4 is 0 Å². The Balaban J connectivity index is 2.09. The SMILES string of the molecule is CN(CC(=O)O)CC1CN(C(=O)c2cc(F)cc(C(F)(F)F)c2)CCO1. The average Bonchev–Trinajstić information content (AvgIpc) is 2.52. The van der Waals surface area contributed by atoms with Crippen molar-refractivity contribution in [3.05, 3.63) is 35.1 Å². The summed E-state index contributed by atoms with van der Waals surface area (Å²) in [4.78, 5) is 25.9. The summed E-state index contributed by atoms with van der Waals surface area (Å²) in [6.07, 6.45) is -5.25. The van der Waals surface area contributed by atoms with Crippen LogP contribution in [-0.4, -0.2) is 72.7 Å². The van der Waals surface area contributed by atoms with Crippen LogP contribution in [0.25, 0.3) is 0 Å². The maximum atomic E-state index is 13.5. The van der Waals surface area contributed by atoms with Gasteiger partial charge < -0.3 is 14.7 Å². The predicted octanol–water partition coefficient (Wildman–Crippen LogP) is 1.70. The van der Waals surface area contributed by atoms with Gasteiger partial charge in [0.25, 0.3) is 5.91 Å². The highest BCUT2D eigenvalue weighted by atomic mass is 19.4. The van der Waals surface area contributed by atoms with Gasteiger partial charge >= 0.3 is 12.1 Å². The zero-order chi connectivity index (χ0) is 19.5. The van der Waals surface area contributed by atoms with Crippen molar-refractivity contribution in [2.45, 2.75) is 12.3 Å². The van der Waals surface area contributed by atoms with Crippen LogP contribution in [0, 0.1) is 5.82 Å².